The van der Waals surface area contributed by atoms with Crippen LogP contribution in [0, 0.1) is 6.92 Å². The van der Waals surface area contributed by atoms with Crippen molar-refractivity contribution in [3.05, 3.63) is 246 Å². The van der Waals surface area contributed by atoms with Gasteiger partial charge in [0.15, 0.2) is 23.1 Å². The van der Waals surface area contributed by atoms with Crippen molar-refractivity contribution >= 4 is 61.4 Å². The molecule has 0 aromatic heterocycles. The summed E-state index contributed by atoms with van der Waals surface area (Å²) in [6.45, 7) is 62.7. The highest BCUT2D eigenvalue weighted by Crippen LogP contribution is 2.30. The van der Waals surface area contributed by atoms with Crippen LogP contribution in [0.1, 0.15) is 380 Å². The molecule has 0 aliphatic heterocycles. The van der Waals surface area contributed by atoms with Crippen LogP contribution >= 0.6 is 27.5 Å². The SMILES string of the molecule is CC.CC.CC.CC.CC.CC.CC.CCC(C)c1cc(C(C)=O)cc(C(=O)CO)c1.CCC(C)c1ccc(Cl)cc1.CCC(C)c1ccc(OC)c(C(C)=O)c1.CCC(C)c1ccc(OC)c(C)c1.CCC(C)c1cccc(Br)c1.CCC(C)c1cccc(C(=O)CO)c1.CCC(C)c1cccc2ccccc12. The minimum atomic E-state index is -0.526. The highest BCUT2D eigenvalue weighted by molar-refractivity contribution is 9.10. The van der Waals surface area contributed by atoms with E-state index in [9.17, 15) is 19.2 Å². The number of hydrogen-bond donors (Lipinski definition) is 2. The van der Waals surface area contributed by atoms with E-state index in [1.54, 1.807) is 39.3 Å². The molecule has 0 saturated heterocycles. The zero-order chi connectivity index (χ0) is 85.3. The number of fused-ring (bicyclic) bond motifs is 1. The second kappa shape index (κ2) is 71.3. The molecule has 7 unspecified atom stereocenters. The fourth-order valence-corrected chi connectivity index (χ4v) is 10.5. The number of benzene rings is 8. The molecule has 0 heterocycles. The summed E-state index contributed by atoms with van der Waals surface area (Å²) in [4.78, 5) is 45.5. The summed E-state index contributed by atoms with van der Waals surface area (Å²) in [5.74, 6) is 4.91. The Balaban J connectivity index is -0.000000277. The quantitative estimate of drug-likeness (QED) is 0.0643. The molecule has 0 fully saturated rings. The normalized spacial score (nSPS) is 11.4. The predicted octanol–water partition coefficient (Wildman–Crippen LogP) is 31.2. The first kappa shape index (κ1) is 113. The number of carbonyl (C=O) groups excluding carboxylic acids is 4. The summed E-state index contributed by atoms with van der Waals surface area (Å²) in [5, 5.41) is 21.2. The number of aryl methyl sites for hydroxylation is 1. The van der Waals surface area contributed by atoms with E-state index >= 15 is 0 Å². The number of Topliss-reactive ketones (excluding diaryl/α,β-unsaturated/α-hetero) is 4. The van der Waals surface area contributed by atoms with Gasteiger partial charge >= 0.3 is 0 Å². The maximum Gasteiger partial charge on any atom is 0.188 e. The van der Waals surface area contributed by atoms with Crippen molar-refractivity contribution in [1.82, 2.24) is 0 Å². The van der Waals surface area contributed by atoms with Crippen LogP contribution in [0.15, 0.2) is 174 Å². The van der Waals surface area contributed by atoms with Crippen molar-refractivity contribution in [2.75, 3.05) is 27.4 Å². The average molecular weight is 1590 g/mol. The van der Waals surface area contributed by atoms with E-state index in [2.05, 4.69) is 210 Å². The summed E-state index contributed by atoms with van der Waals surface area (Å²) in [7, 11) is 3.30. The predicted molar refractivity (Wildman–Crippen MR) is 486 cm³/mol. The molecular weight excluding hydrogens is 1430 g/mol. The summed E-state index contributed by atoms with van der Waals surface area (Å²) in [6, 6.07) is 56.7. The fraction of sp³-hybridized carbons (Fsp3) is 0.495. The minimum Gasteiger partial charge on any atom is -0.496 e. The number of methoxy groups -OCH3 is 2. The largest absolute Gasteiger partial charge is 0.496 e. The maximum atomic E-state index is 11.5. The van der Waals surface area contributed by atoms with Crippen LogP contribution in [0.2, 0.25) is 5.02 Å². The van der Waals surface area contributed by atoms with Gasteiger partial charge in [0.05, 0.1) is 19.8 Å². The van der Waals surface area contributed by atoms with E-state index in [1.165, 1.54) is 81.2 Å². The van der Waals surface area contributed by atoms with Crippen molar-refractivity contribution in [3.8, 4) is 11.5 Å². The molecule has 0 bridgehead atoms. The van der Waals surface area contributed by atoms with Crippen molar-refractivity contribution in [3.63, 3.8) is 0 Å². The van der Waals surface area contributed by atoms with Gasteiger partial charge < -0.3 is 19.7 Å². The molecule has 8 rings (SSSR count). The van der Waals surface area contributed by atoms with Crippen molar-refractivity contribution in [1.29, 1.82) is 0 Å². The second-order valence-electron chi connectivity index (χ2n) is 24.8. The highest BCUT2D eigenvalue weighted by atomic mass is 79.9. The Morgan fingerprint density at radius 1 is 0.367 bits per heavy atom. The molecule has 0 saturated carbocycles. The third-order valence-electron chi connectivity index (χ3n) is 18.0. The van der Waals surface area contributed by atoms with Crippen molar-refractivity contribution in [2.45, 2.75) is 301 Å². The van der Waals surface area contributed by atoms with Crippen LogP contribution < -0.4 is 9.47 Å². The first-order chi connectivity index (χ1) is 52.3. The Labute approximate surface area is 682 Å². The van der Waals surface area contributed by atoms with Crippen LogP contribution in [0.5, 0.6) is 11.5 Å². The first-order valence-electron chi connectivity index (χ1n) is 41.1. The van der Waals surface area contributed by atoms with Gasteiger partial charge in [-0.1, -0.05) is 325 Å². The lowest BCUT2D eigenvalue weighted by Crippen LogP contribution is -2.08. The van der Waals surface area contributed by atoms with E-state index in [1.807, 2.05) is 158 Å². The molecule has 0 radical (unpaired) electrons. The Hall–Kier alpha value is -7.01. The Kier molecular flexibility index (Phi) is 73.9. The lowest BCUT2D eigenvalue weighted by molar-refractivity contribution is 0.0897. The standard InChI is InChI=1S/C14H18O3.C14H16.C13H18O2.C12H16O2.C12H18O.C10H13Br.C10H13Cl.7C2H6/c1-4-9(2)11-5-12(10(3)16)7-13(6-11)14(17)8-15;1-3-11(2)13-10-6-8-12-7-4-5-9-14(12)13;1-5-9(2)11-6-7-13(15-4)12(8-11)10(3)14;1-3-9(2)10-5-4-6-11(7-10)12(14)8-13;1-5-9(2)11-6-7-12(13-4)10(3)8-11;1-3-8(2)9-5-4-6-10(11)7-9;1-3-8(2)9-4-6-10(11)7-5-9;7*1-2/h5-7,9,15H,4,8H2,1-3H3;4-11H,3H2,1-2H3;6-9H,5H2,1-4H3;4-7,9,13H,3,8H2,1-2H3;6-9H,5H2,1-4H3;2*4-8H,3H2,1-2H3;7*1-2H3. The summed E-state index contributed by atoms with van der Waals surface area (Å²) < 4.78 is 11.5. The molecule has 10 heteroatoms. The molecule has 612 valence electrons. The highest BCUT2D eigenvalue weighted by Gasteiger charge is 2.15. The number of ketones is 4. The lowest BCUT2D eigenvalue weighted by atomic mass is 9.92. The average Bonchev–Trinajstić information content (AvgIpc) is 0.826. The summed E-state index contributed by atoms with van der Waals surface area (Å²) >= 11 is 9.22. The maximum absolute atomic E-state index is 11.5. The minimum absolute atomic E-state index is 0.0528. The molecule has 7 atom stereocenters. The van der Waals surface area contributed by atoms with Gasteiger partial charge in [-0.2, -0.15) is 0 Å². The number of halogens is 2. The van der Waals surface area contributed by atoms with Gasteiger partial charge in [-0.05, 0) is 229 Å². The van der Waals surface area contributed by atoms with Gasteiger partial charge in [0.25, 0.3) is 0 Å². The van der Waals surface area contributed by atoms with E-state index in [-0.39, 0.29) is 23.1 Å². The molecule has 0 amide bonds. The molecule has 2 N–H and O–H groups in total. The summed E-state index contributed by atoms with van der Waals surface area (Å²) in [5.41, 5.74) is 12.4. The van der Waals surface area contributed by atoms with Gasteiger partial charge in [-0.15, -0.1) is 0 Å². The topological polar surface area (TPSA) is 127 Å². The van der Waals surface area contributed by atoms with E-state index < -0.39 is 13.2 Å². The van der Waals surface area contributed by atoms with Crippen LogP contribution in [-0.4, -0.2) is 60.8 Å². The van der Waals surface area contributed by atoms with Crippen molar-refractivity contribution in [2.24, 2.45) is 0 Å². The Morgan fingerprint density at radius 2 is 0.725 bits per heavy atom. The van der Waals surface area contributed by atoms with Crippen LogP contribution in [0.4, 0.5) is 0 Å². The molecule has 0 aliphatic carbocycles. The fourth-order valence-electron chi connectivity index (χ4n) is 9.94. The number of carbonyl (C=O) groups is 4. The van der Waals surface area contributed by atoms with E-state index in [4.69, 9.17) is 31.3 Å². The van der Waals surface area contributed by atoms with E-state index in [0.29, 0.717) is 69.4 Å². The third kappa shape index (κ3) is 45.2. The molecule has 8 aromatic carbocycles. The molecule has 109 heavy (non-hydrogen) atoms. The van der Waals surface area contributed by atoms with Gasteiger partial charge in [-0.25, -0.2) is 0 Å². The monoisotopic (exact) mass is 1590 g/mol. The zero-order valence-corrected chi connectivity index (χ0v) is 77.0. The second-order valence-corrected chi connectivity index (χ2v) is 26.1. The Morgan fingerprint density at radius 3 is 1.15 bits per heavy atom. The number of ether oxygens (including phenoxy) is 2. The van der Waals surface area contributed by atoms with E-state index in [0.717, 1.165) is 41.2 Å². The smallest absolute Gasteiger partial charge is 0.188 e. The van der Waals surface area contributed by atoms with Gasteiger partial charge in [0, 0.05) is 26.2 Å². The number of aliphatic hydroxyl groups is 2. The van der Waals surface area contributed by atoms with Gasteiger partial charge in [0.2, 0.25) is 0 Å². The Bertz CT molecular complexity index is 3570. The first-order valence-corrected chi connectivity index (χ1v) is 42.3. The van der Waals surface area contributed by atoms with Crippen LogP contribution in [0.25, 0.3) is 10.8 Å². The zero-order valence-electron chi connectivity index (χ0n) is 74.7. The third-order valence-corrected chi connectivity index (χ3v) is 18.7. The number of aliphatic hydroxyl groups excluding tert-OH is 2. The van der Waals surface area contributed by atoms with Crippen LogP contribution in [0.3, 0.4) is 0 Å². The lowest BCUT2D eigenvalue weighted by Gasteiger charge is -2.12. The number of hydrogen-bond acceptors (Lipinski definition) is 8. The molecule has 0 spiro atoms. The van der Waals surface area contributed by atoms with Gasteiger partial charge in [0.1, 0.15) is 24.7 Å². The van der Waals surface area contributed by atoms with Gasteiger partial charge in [-0.3, -0.25) is 19.2 Å². The molecule has 8 nitrogen and oxygen atoms in total. The van der Waals surface area contributed by atoms with Crippen molar-refractivity contribution < 1.29 is 38.9 Å². The van der Waals surface area contributed by atoms with Crippen LogP contribution in [-0.2, 0) is 0 Å². The molecular formula is C99H154BrClO8. The summed E-state index contributed by atoms with van der Waals surface area (Å²) in [6.07, 6.45) is 7.84. The molecule has 8 aromatic rings. The molecule has 0 aliphatic rings. The number of rotatable bonds is 22.